The van der Waals surface area contributed by atoms with E-state index in [2.05, 4.69) is 15.6 Å². The van der Waals surface area contributed by atoms with Gasteiger partial charge in [0.1, 0.15) is 0 Å². The molecule has 4 amide bonds. The number of nitrogens with zero attached hydrogens (tertiary/aromatic N) is 2. The maximum absolute atomic E-state index is 13.9. The highest BCUT2D eigenvalue weighted by Crippen LogP contribution is 2.31. The Hall–Kier alpha value is -2.84. The Bertz CT molecular complexity index is 927. The van der Waals surface area contributed by atoms with Gasteiger partial charge in [-0.25, -0.2) is 18.4 Å². The van der Waals surface area contributed by atoms with Crippen molar-refractivity contribution in [1.29, 1.82) is 0 Å². The van der Waals surface area contributed by atoms with E-state index in [4.69, 9.17) is 0 Å². The molecule has 156 valence electrons. The van der Waals surface area contributed by atoms with Crippen molar-refractivity contribution in [2.45, 2.75) is 44.3 Å². The second-order valence-electron chi connectivity index (χ2n) is 7.71. The fourth-order valence-corrected chi connectivity index (χ4v) is 4.06. The summed E-state index contributed by atoms with van der Waals surface area (Å²) in [6, 6.07) is 3.92. The van der Waals surface area contributed by atoms with Gasteiger partial charge in [0.05, 0.1) is 12.6 Å². The summed E-state index contributed by atoms with van der Waals surface area (Å²) in [7, 11) is 1.60. The molecule has 1 saturated heterocycles. The van der Waals surface area contributed by atoms with Crippen LogP contribution in [0.2, 0.25) is 0 Å². The molecule has 1 aliphatic heterocycles. The van der Waals surface area contributed by atoms with Crippen LogP contribution < -0.4 is 10.6 Å². The molecule has 9 heteroatoms. The molecular formula is C20H25F2N5O2. The summed E-state index contributed by atoms with van der Waals surface area (Å²) in [5.41, 5.74) is 1.09. The van der Waals surface area contributed by atoms with Crippen LogP contribution in [0.1, 0.15) is 31.4 Å². The number of amides is 4. The van der Waals surface area contributed by atoms with Crippen molar-refractivity contribution in [3.05, 3.63) is 35.5 Å². The molecule has 1 saturated carbocycles. The molecule has 2 heterocycles. The summed E-state index contributed by atoms with van der Waals surface area (Å²) in [6.07, 6.45) is 3.62. The minimum Gasteiger partial charge on any atom is -0.357 e. The van der Waals surface area contributed by atoms with Gasteiger partial charge >= 0.3 is 12.1 Å². The highest BCUT2D eigenvalue weighted by molar-refractivity contribution is 5.81. The lowest BCUT2D eigenvalue weighted by Gasteiger charge is -2.39. The number of aromatic nitrogens is 1. The van der Waals surface area contributed by atoms with E-state index in [1.807, 2.05) is 4.90 Å². The number of carbonyl (C=O) groups excluding carboxylic acids is 2. The average molecular weight is 405 g/mol. The van der Waals surface area contributed by atoms with Crippen LogP contribution in [0.25, 0.3) is 10.9 Å². The Morgan fingerprint density at radius 2 is 2.03 bits per heavy atom. The lowest BCUT2D eigenvalue weighted by Crippen LogP contribution is -2.56. The highest BCUT2D eigenvalue weighted by atomic mass is 19.2. The van der Waals surface area contributed by atoms with Crippen LogP contribution in [0.3, 0.4) is 0 Å². The maximum Gasteiger partial charge on any atom is 0.318 e. The zero-order valence-electron chi connectivity index (χ0n) is 16.3. The quantitative estimate of drug-likeness (QED) is 0.731. The standard InChI is InChI=1S/C20H25F2N5O2/c1-23-19(28)26-8-2-3-14(11-26)27(13-4-5-13)20(29)24-10-12-9-15-17(25-12)7-6-16(21)18(15)22/h6-7,9,13-14,25H,2-5,8,10-11H2,1H3,(H,23,28)(H,24,29). The number of carbonyl (C=O) groups is 2. The summed E-state index contributed by atoms with van der Waals surface area (Å²) in [4.78, 5) is 31.5. The number of fused-ring (bicyclic) bond motifs is 1. The van der Waals surface area contributed by atoms with Crippen molar-refractivity contribution >= 4 is 23.0 Å². The van der Waals surface area contributed by atoms with Gasteiger partial charge in [-0.05, 0) is 43.9 Å². The first kappa shape index (κ1) is 19.5. The molecule has 1 aromatic carbocycles. The van der Waals surface area contributed by atoms with E-state index in [0.29, 0.717) is 24.3 Å². The topological polar surface area (TPSA) is 80.5 Å². The number of rotatable bonds is 4. The smallest absolute Gasteiger partial charge is 0.318 e. The fourth-order valence-electron chi connectivity index (χ4n) is 4.06. The molecule has 2 fully saturated rings. The molecule has 4 rings (SSSR count). The molecule has 0 bridgehead atoms. The van der Waals surface area contributed by atoms with Crippen molar-refractivity contribution < 1.29 is 18.4 Å². The van der Waals surface area contributed by atoms with Crippen molar-refractivity contribution in [2.75, 3.05) is 20.1 Å². The first-order valence-corrected chi connectivity index (χ1v) is 9.96. The molecule has 2 aliphatic rings. The van der Waals surface area contributed by atoms with E-state index in [1.165, 1.54) is 12.1 Å². The van der Waals surface area contributed by atoms with E-state index in [-0.39, 0.29) is 36.1 Å². The van der Waals surface area contributed by atoms with Crippen molar-refractivity contribution in [3.8, 4) is 0 Å². The van der Waals surface area contributed by atoms with Gasteiger partial charge in [-0.15, -0.1) is 0 Å². The number of halogens is 2. The van der Waals surface area contributed by atoms with Crippen LogP contribution in [0.15, 0.2) is 18.2 Å². The number of H-pyrrole nitrogens is 1. The summed E-state index contributed by atoms with van der Waals surface area (Å²) in [5, 5.41) is 5.70. The van der Waals surface area contributed by atoms with Gasteiger partial charge in [0, 0.05) is 42.8 Å². The molecule has 2 aromatic rings. The lowest BCUT2D eigenvalue weighted by molar-refractivity contribution is 0.116. The third kappa shape index (κ3) is 3.99. The molecule has 1 aromatic heterocycles. The number of hydrogen-bond acceptors (Lipinski definition) is 2. The molecule has 0 spiro atoms. The van der Waals surface area contributed by atoms with Crippen molar-refractivity contribution in [3.63, 3.8) is 0 Å². The van der Waals surface area contributed by atoms with E-state index in [9.17, 15) is 18.4 Å². The maximum atomic E-state index is 13.9. The summed E-state index contributed by atoms with van der Waals surface area (Å²) in [5.74, 6) is -1.79. The van der Waals surface area contributed by atoms with Gasteiger partial charge in [-0.3, -0.25) is 0 Å². The Labute approximate surface area is 167 Å². The van der Waals surface area contributed by atoms with E-state index < -0.39 is 11.6 Å². The van der Waals surface area contributed by atoms with Crippen LogP contribution >= 0.6 is 0 Å². The number of aromatic amines is 1. The van der Waals surface area contributed by atoms with Gasteiger partial charge in [0.25, 0.3) is 0 Å². The lowest BCUT2D eigenvalue weighted by atomic mass is 10.0. The first-order valence-electron chi connectivity index (χ1n) is 9.96. The molecule has 29 heavy (non-hydrogen) atoms. The minimum absolute atomic E-state index is 0.0252. The van der Waals surface area contributed by atoms with Gasteiger partial charge in [-0.2, -0.15) is 0 Å². The average Bonchev–Trinajstić information content (AvgIpc) is 3.47. The molecule has 7 nitrogen and oxygen atoms in total. The number of benzene rings is 1. The molecule has 0 radical (unpaired) electrons. The number of hydrogen-bond donors (Lipinski definition) is 3. The molecule has 3 N–H and O–H groups in total. The largest absolute Gasteiger partial charge is 0.357 e. The molecule has 1 atom stereocenters. The van der Waals surface area contributed by atoms with E-state index in [0.717, 1.165) is 31.7 Å². The van der Waals surface area contributed by atoms with Gasteiger partial charge in [0.2, 0.25) is 0 Å². The zero-order valence-corrected chi connectivity index (χ0v) is 16.3. The fraction of sp³-hybridized carbons (Fsp3) is 0.500. The van der Waals surface area contributed by atoms with E-state index >= 15 is 0 Å². The SMILES string of the molecule is CNC(=O)N1CCCC(N(C(=O)NCc2cc3c(F)c(F)ccc3[nH]2)C2CC2)C1. The number of nitrogens with one attached hydrogen (secondary N) is 3. The molecule has 1 aliphatic carbocycles. The second-order valence-corrected chi connectivity index (χ2v) is 7.71. The Balaban J connectivity index is 1.43. The third-order valence-corrected chi connectivity index (χ3v) is 5.64. The molecule has 1 unspecified atom stereocenters. The third-order valence-electron chi connectivity index (χ3n) is 5.64. The number of piperidine rings is 1. The van der Waals surface area contributed by atoms with Crippen LogP contribution in [-0.4, -0.2) is 59.1 Å². The highest BCUT2D eigenvalue weighted by Gasteiger charge is 2.39. The van der Waals surface area contributed by atoms with Crippen molar-refractivity contribution in [1.82, 2.24) is 25.4 Å². The number of likely N-dealkylation sites (tertiary alicyclic amines) is 1. The normalized spacial score (nSPS) is 19.3. The van der Waals surface area contributed by atoms with Gasteiger partial charge < -0.3 is 25.4 Å². The van der Waals surface area contributed by atoms with Crippen LogP contribution in [-0.2, 0) is 6.54 Å². The van der Waals surface area contributed by atoms with Gasteiger partial charge in [-0.1, -0.05) is 0 Å². The monoisotopic (exact) mass is 405 g/mol. The summed E-state index contributed by atoms with van der Waals surface area (Å²) >= 11 is 0. The zero-order chi connectivity index (χ0) is 20.5. The van der Waals surface area contributed by atoms with E-state index in [1.54, 1.807) is 11.9 Å². The van der Waals surface area contributed by atoms with Crippen molar-refractivity contribution in [2.24, 2.45) is 0 Å². The van der Waals surface area contributed by atoms with Gasteiger partial charge in [0.15, 0.2) is 11.6 Å². The number of urea groups is 2. The predicted octanol–water partition coefficient (Wildman–Crippen LogP) is 2.92. The minimum atomic E-state index is -0.898. The summed E-state index contributed by atoms with van der Waals surface area (Å²) in [6.45, 7) is 1.39. The Morgan fingerprint density at radius 3 is 2.76 bits per heavy atom. The summed E-state index contributed by atoms with van der Waals surface area (Å²) < 4.78 is 27.3. The van der Waals surface area contributed by atoms with Crippen LogP contribution in [0, 0.1) is 11.6 Å². The Morgan fingerprint density at radius 1 is 1.24 bits per heavy atom. The first-order chi connectivity index (χ1) is 14.0. The Kier molecular flexibility index (Phi) is 5.29. The predicted molar refractivity (Wildman–Crippen MR) is 104 cm³/mol. The molecular weight excluding hydrogens is 380 g/mol. The van der Waals surface area contributed by atoms with Crippen LogP contribution in [0.5, 0.6) is 0 Å². The second kappa shape index (κ2) is 7.88. The van der Waals surface area contributed by atoms with Crippen LogP contribution in [0.4, 0.5) is 18.4 Å².